The Morgan fingerprint density at radius 3 is 2.75 bits per heavy atom. The topological polar surface area (TPSA) is 75.2 Å². The first-order valence-corrected chi connectivity index (χ1v) is 9.21. The van der Waals surface area contributed by atoms with Crippen molar-refractivity contribution in [2.45, 2.75) is 19.8 Å². The molecule has 2 aromatic carbocycles. The van der Waals surface area contributed by atoms with Crippen molar-refractivity contribution < 1.29 is 9.59 Å². The van der Waals surface area contributed by atoms with Crippen molar-refractivity contribution in [1.29, 1.82) is 0 Å². The van der Waals surface area contributed by atoms with Gasteiger partial charge in [-0.1, -0.05) is 30.3 Å². The van der Waals surface area contributed by atoms with Crippen LogP contribution in [0.15, 0.2) is 60.9 Å². The molecular formula is C22H20N4O2. The largest absolute Gasteiger partial charge is 0.340 e. The predicted molar refractivity (Wildman–Crippen MR) is 108 cm³/mol. The molecule has 1 aliphatic heterocycles. The van der Waals surface area contributed by atoms with Crippen LogP contribution in [0, 0.1) is 0 Å². The summed E-state index contributed by atoms with van der Waals surface area (Å²) >= 11 is 0. The van der Waals surface area contributed by atoms with Crippen LogP contribution < -0.4 is 10.2 Å². The standard InChI is InChI=1S/C22H20N4O2/c1-15(27)17-7-4-9-18(12-17)25-21-13-19(23-14-24-21)22(28)26-11-5-8-16-6-2-3-10-20(16)26/h2-4,6-7,9-10,12-14H,5,8,11H2,1H3,(H,23,24,25). The molecule has 28 heavy (non-hydrogen) atoms. The number of ketones is 1. The number of benzene rings is 2. The molecule has 0 bridgehead atoms. The third-order valence-electron chi connectivity index (χ3n) is 4.78. The number of rotatable bonds is 4. The maximum Gasteiger partial charge on any atom is 0.277 e. The molecule has 2 heterocycles. The normalized spacial score (nSPS) is 13.0. The number of carbonyl (C=O) groups excluding carboxylic acids is 2. The highest BCUT2D eigenvalue weighted by Crippen LogP contribution is 2.28. The first kappa shape index (κ1) is 17.9. The molecule has 0 atom stereocenters. The summed E-state index contributed by atoms with van der Waals surface area (Å²) in [7, 11) is 0. The number of Topliss-reactive ketones (excluding diaryl/α,β-unsaturated/α-hetero) is 1. The molecule has 140 valence electrons. The van der Waals surface area contributed by atoms with E-state index in [1.165, 1.54) is 18.8 Å². The number of fused-ring (bicyclic) bond motifs is 1. The molecule has 0 aliphatic carbocycles. The van der Waals surface area contributed by atoms with Crippen molar-refractivity contribution in [2.24, 2.45) is 0 Å². The number of hydrogen-bond acceptors (Lipinski definition) is 5. The van der Waals surface area contributed by atoms with Crippen LogP contribution in [0.2, 0.25) is 0 Å². The van der Waals surface area contributed by atoms with Gasteiger partial charge in [0.1, 0.15) is 17.8 Å². The van der Waals surface area contributed by atoms with Crippen molar-refractivity contribution >= 4 is 28.9 Å². The van der Waals surface area contributed by atoms with Crippen LogP contribution in [0.4, 0.5) is 17.2 Å². The lowest BCUT2D eigenvalue weighted by Crippen LogP contribution is -2.36. The van der Waals surface area contributed by atoms with Gasteiger partial charge in [0.25, 0.3) is 5.91 Å². The van der Waals surface area contributed by atoms with E-state index in [1.807, 2.05) is 24.3 Å². The molecule has 0 unspecified atom stereocenters. The number of carbonyl (C=O) groups is 2. The fourth-order valence-corrected chi connectivity index (χ4v) is 3.39. The minimum atomic E-state index is -0.143. The molecule has 1 N–H and O–H groups in total. The minimum absolute atomic E-state index is 0.00836. The summed E-state index contributed by atoms with van der Waals surface area (Å²) in [5, 5.41) is 3.14. The van der Waals surface area contributed by atoms with Gasteiger partial charge in [0.05, 0.1) is 0 Å². The number of aromatic nitrogens is 2. The Labute approximate surface area is 163 Å². The Morgan fingerprint density at radius 2 is 1.89 bits per heavy atom. The molecule has 0 fully saturated rings. The number of nitrogens with one attached hydrogen (secondary N) is 1. The summed E-state index contributed by atoms with van der Waals surface area (Å²) in [6.07, 6.45) is 3.28. The van der Waals surface area contributed by atoms with E-state index in [-0.39, 0.29) is 11.7 Å². The van der Waals surface area contributed by atoms with Crippen LogP contribution in [-0.4, -0.2) is 28.2 Å². The lowest BCUT2D eigenvalue weighted by atomic mass is 10.0. The minimum Gasteiger partial charge on any atom is -0.340 e. The third-order valence-corrected chi connectivity index (χ3v) is 4.78. The van der Waals surface area contributed by atoms with Crippen molar-refractivity contribution in [1.82, 2.24) is 9.97 Å². The van der Waals surface area contributed by atoms with E-state index < -0.39 is 0 Å². The van der Waals surface area contributed by atoms with Crippen LogP contribution >= 0.6 is 0 Å². The van der Waals surface area contributed by atoms with E-state index in [2.05, 4.69) is 21.4 Å². The number of anilines is 3. The van der Waals surface area contributed by atoms with E-state index in [4.69, 9.17) is 0 Å². The van der Waals surface area contributed by atoms with E-state index in [0.29, 0.717) is 23.6 Å². The molecule has 1 aromatic heterocycles. The quantitative estimate of drug-likeness (QED) is 0.700. The van der Waals surface area contributed by atoms with E-state index in [0.717, 1.165) is 24.2 Å². The summed E-state index contributed by atoms with van der Waals surface area (Å²) in [5.41, 5.74) is 3.79. The molecule has 0 spiro atoms. The van der Waals surface area contributed by atoms with Gasteiger partial charge in [-0.05, 0) is 43.5 Å². The zero-order valence-electron chi connectivity index (χ0n) is 15.6. The van der Waals surface area contributed by atoms with Crippen LogP contribution in [0.3, 0.4) is 0 Å². The molecule has 4 rings (SSSR count). The second-order valence-corrected chi connectivity index (χ2v) is 6.74. The van der Waals surface area contributed by atoms with E-state index in [9.17, 15) is 9.59 Å². The monoisotopic (exact) mass is 372 g/mol. The van der Waals surface area contributed by atoms with Crippen molar-refractivity contribution in [3.8, 4) is 0 Å². The van der Waals surface area contributed by atoms with Gasteiger partial charge < -0.3 is 10.2 Å². The Hall–Kier alpha value is -3.54. The van der Waals surface area contributed by atoms with Gasteiger partial charge in [-0.2, -0.15) is 0 Å². The molecule has 1 aliphatic rings. The highest BCUT2D eigenvalue weighted by molar-refractivity contribution is 6.05. The average molecular weight is 372 g/mol. The van der Waals surface area contributed by atoms with E-state index in [1.54, 1.807) is 29.2 Å². The number of aryl methyl sites for hydroxylation is 1. The second-order valence-electron chi connectivity index (χ2n) is 6.74. The summed E-state index contributed by atoms with van der Waals surface area (Å²) < 4.78 is 0. The van der Waals surface area contributed by atoms with Crippen LogP contribution in [0.5, 0.6) is 0 Å². The zero-order chi connectivity index (χ0) is 19.5. The highest BCUT2D eigenvalue weighted by Gasteiger charge is 2.24. The maximum atomic E-state index is 13.1. The second kappa shape index (κ2) is 7.60. The first-order valence-electron chi connectivity index (χ1n) is 9.21. The molecule has 0 radical (unpaired) electrons. The SMILES string of the molecule is CC(=O)c1cccc(Nc2cc(C(=O)N3CCCc4ccccc43)ncn2)c1. The number of para-hydroxylation sites is 1. The summed E-state index contributed by atoms with van der Waals surface area (Å²) in [4.78, 5) is 34.8. The van der Waals surface area contributed by atoms with Gasteiger partial charge in [0.2, 0.25) is 0 Å². The van der Waals surface area contributed by atoms with Gasteiger partial charge in [0, 0.05) is 29.5 Å². The Kier molecular flexibility index (Phi) is 4.85. The molecule has 3 aromatic rings. The Bertz CT molecular complexity index is 1050. The third kappa shape index (κ3) is 3.62. The highest BCUT2D eigenvalue weighted by atomic mass is 16.2. The maximum absolute atomic E-state index is 13.1. The fourth-order valence-electron chi connectivity index (χ4n) is 3.39. The van der Waals surface area contributed by atoms with Gasteiger partial charge in [0.15, 0.2) is 5.78 Å². The van der Waals surface area contributed by atoms with Crippen molar-refractivity contribution in [3.05, 3.63) is 77.7 Å². The first-order chi connectivity index (χ1) is 13.6. The van der Waals surface area contributed by atoms with Gasteiger partial charge in [-0.25, -0.2) is 9.97 Å². The Balaban J connectivity index is 1.58. The molecule has 0 saturated carbocycles. The fraction of sp³-hybridized carbons (Fsp3) is 0.182. The summed E-state index contributed by atoms with van der Waals surface area (Å²) in [6.45, 7) is 2.19. The van der Waals surface area contributed by atoms with Crippen LogP contribution in [0.1, 0.15) is 39.8 Å². The van der Waals surface area contributed by atoms with Crippen molar-refractivity contribution in [3.63, 3.8) is 0 Å². The number of amides is 1. The molecule has 6 nitrogen and oxygen atoms in total. The number of hydrogen-bond donors (Lipinski definition) is 1. The smallest absolute Gasteiger partial charge is 0.277 e. The number of nitrogens with zero attached hydrogens (tertiary/aromatic N) is 3. The van der Waals surface area contributed by atoms with Gasteiger partial charge in [-0.15, -0.1) is 0 Å². The van der Waals surface area contributed by atoms with Crippen LogP contribution in [0.25, 0.3) is 0 Å². The van der Waals surface area contributed by atoms with Gasteiger partial charge in [-0.3, -0.25) is 9.59 Å². The molecule has 1 amide bonds. The molecule has 6 heteroatoms. The molecule has 0 saturated heterocycles. The Morgan fingerprint density at radius 1 is 1.04 bits per heavy atom. The zero-order valence-corrected chi connectivity index (χ0v) is 15.6. The predicted octanol–water partition coefficient (Wildman–Crippen LogP) is 4.02. The summed E-state index contributed by atoms with van der Waals surface area (Å²) in [6, 6.07) is 16.8. The van der Waals surface area contributed by atoms with Crippen molar-refractivity contribution in [2.75, 3.05) is 16.8 Å². The average Bonchev–Trinajstić information content (AvgIpc) is 2.73. The van der Waals surface area contributed by atoms with E-state index >= 15 is 0 Å². The summed E-state index contributed by atoms with van der Waals surface area (Å²) in [5.74, 6) is 0.352. The van der Waals surface area contributed by atoms with Crippen LogP contribution in [-0.2, 0) is 6.42 Å². The molecular weight excluding hydrogens is 352 g/mol. The lowest BCUT2D eigenvalue weighted by molar-refractivity contribution is 0.0978. The lowest BCUT2D eigenvalue weighted by Gasteiger charge is -2.29. The van der Waals surface area contributed by atoms with Gasteiger partial charge >= 0.3 is 0 Å².